The van der Waals surface area contributed by atoms with E-state index in [1.807, 2.05) is 27.7 Å². The highest BCUT2D eigenvalue weighted by Gasteiger charge is 2.20. The molecular weight excluding hydrogens is 166 g/mol. The zero-order valence-corrected chi connectivity index (χ0v) is 9.09. The number of nitrogens with two attached hydrogens (primary N) is 1. The Morgan fingerprint density at radius 1 is 1.31 bits per heavy atom. The fourth-order valence-corrected chi connectivity index (χ4v) is 0.708. The Balaban J connectivity index is 3.74. The first-order valence-corrected chi connectivity index (χ1v) is 4.63. The summed E-state index contributed by atoms with van der Waals surface area (Å²) < 4.78 is 5.53. The van der Waals surface area contributed by atoms with Crippen molar-refractivity contribution in [3.8, 4) is 0 Å². The van der Waals surface area contributed by atoms with E-state index in [1.165, 1.54) is 0 Å². The second-order valence-electron chi connectivity index (χ2n) is 4.67. The van der Waals surface area contributed by atoms with Crippen LogP contribution < -0.4 is 5.73 Å². The predicted molar refractivity (Wildman–Crippen MR) is 53.5 cm³/mol. The lowest BCUT2D eigenvalue weighted by molar-refractivity contribution is -0.116. The number of carbonyl (C=O) groups excluding carboxylic acids is 1. The lowest BCUT2D eigenvalue weighted by Gasteiger charge is -2.25. The fraction of sp³-hybridized carbons (Fsp3) is 0.900. The van der Waals surface area contributed by atoms with Crippen molar-refractivity contribution in [2.45, 2.75) is 39.7 Å². The Kier molecular flexibility index (Phi) is 4.57. The smallest absolute Gasteiger partial charge is 0.125 e. The maximum atomic E-state index is 10.6. The lowest BCUT2D eigenvalue weighted by atomic mass is 9.92. The number of hydrogen-bond acceptors (Lipinski definition) is 3. The average Bonchev–Trinajstić information content (AvgIpc) is 2.04. The molecule has 0 aromatic carbocycles. The highest BCUT2D eigenvalue weighted by Crippen LogP contribution is 2.18. The normalized spacial score (nSPS) is 13.0. The lowest BCUT2D eigenvalue weighted by Crippen LogP contribution is -2.35. The van der Waals surface area contributed by atoms with Crippen LogP contribution in [0.1, 0.15) is 34.1 Å². The van der Waals surface area contributed by atoms with E-state index in [0.29, 0.717) is 13.2 Å². The first-order chi connectivity index (χ1) is 5.83. The van der Waals surface area contributed by atoms with Gasteiger partial charge in [-0.15, -0.1) is 0 Å². The first kappa shape index (κ1) is 12.6. The average molecular weight is 187 g/mol. The van der Waals surface area contributed by atoms with Crippen LogP contribution in [0.5, 0.6) is 0 Å². The van der Waals surface area contributed by atoms with Gasteiger partial charge in [0, 0.05) is 18.6 Å². The van der Waals surface area contributed by atoms with E-state index in [-0.39, 0.29) is 11.0 Å². The molecule has 0 aromatic rings. The summed E-state index contributed by atoms with van der Waals surface area (Å²) in [6.07, 6.45) is 1.70. The van der Waals surface area contributed by atoms with Crippen LogP contribution in [-0.4, -0.2) is 25.0 Å². The molecule has 0 saturated heterocycles. The van der Waals surface area contributed by atoms with Gasteiger partial charge in [-0.3, -0.25) is 0 Å². The minimum absolute atomic E-state index is 0.279. The Morgan fingerprint density at radius 3 is 2.23 bits per heavy atom. The predicted octanol–water partition coefficient (Wildman–Crippen LogP) is 1.36. The summed E-state index contributed by atoms with van der Waals surface area (Å²) in [5, 5.41) is 0. The summed E-state index contributed by atoms with van der Waals surface area (Å²) in [6, 6.07) is 0. The number of aldehydes is 1. The molecule has 0 rings (SSSR count). The molecule has 0 aliphatic heterocycles. The number of ether oxygens (including phenoxy) is 1. The third-order valence-electron chi connectivity index (χ3n) is 2.05. The molecule has 0 spiro atoms. The van der Waals surface area contributed by atoms with Crippen LogP contribution in [0.15, 0.2) is 0 Å². The highest BCUT2D eigenvalue weighted by atomic mass is 16.5. The van der Waals surface area contributed by atoms with Crippen molar-refractivity contribution in [1.29, 1.82) is 0 Å². The second-order valence-corrected chi connectivity index (χ2v) is 4.67. The summed E-state index contributed by atoms with van der Waals surface area (Å²) in [5.41, 5.74) is 4.93. The van der Waals surface area contributed by atoms with Gasteiger partial charge < -0.3 is 15.3 Å². The van der Waals surface area contributed by atoms with Crippen LogP contribution in [0.25, 0.3) is 0 Å². The van der Waals surface area contributed by atoms with Crippen LogP contribution in [0.2, 0.25) is 0 Å². The maximum absolute atomic E-state index is 10.6. The van der Waals surface area contributed by atoms with Gasteiger partial charge >= 0.3 is 0 Å². The Labute approximate surface area is 80.6 Å². The molecule has 0 radical (unpaired) electrons. The van der Waals surface area contributed by atoms with E-state index in [2.05, 4.69) is 0 Å². The number of hydrogen-bond donors (Lipinski definition) is 1. The van der Waals surface area contributed by atoms with E-state index in [4.69, 9.17) is 10.5 Å². The molecule has 0 unspecified atom stereocenters. The molecule has 0 fully saturated rings. The molecule has 0 heterocycles. The van der Waals surface area contributed by atoms with Gasteiger partial charge in [0.05, 0.1) is 5.60 Å². The third-order valence-corrected chi connectivity index (χ3v) is 2.05. The molecule has 2 N–H and O–H groups in total. The van der Waals surface area contributed by atoms with Gasteiger partial charge in [0.2, 0.25) is 0 Å². The summed E-state index contributed by atoms with van der Waals surface area (Å²) in [5.74, 6) is 0. The SMILES string of the molecule is CC(C)(C=O)CCOC(C)(C)CN. The summed E-state index contributed by atoms with van der Waals surface area (Å²) in [7, 11) is 0. The van der Waals surface area contributed by atoms with Crippen molar-refractivity contribution in [3.05, 3.63) is 0 Å². The van der Waals surface area contributed by atoms with Crippen molar-refractivity contribution in [3.63, 3.8) is 0 Å². The summed E-state index contributed by atoms with van der Waals surface area (Å²) in [4.78, 5) is 10.6. The summed E-state index contributed by atoms with van der Waals surface area (Å²) in [6.45, 7) is 8.77. The zero-order chi connectivity index (χ0) is 10.5. The molecule has 3 heteroatoms. The van der Waals surface area contributed by atoms with E-state index in [1.54, 1.807) is 0 Å². The molecule has 0 atom stereocenters. The Hall–Kier alpha value is -0.410. The summed E-state index contributed by atoms with van der Waals surface area (Å²) >= 11 is 0. The van der Waals surface area contributed by atoms with Crippen LogP contribution >= 0.6 is 0 Å². The second kappa shape index (κ2) is 4.72. The van der Waals surface area contributed by atoms with Gasteiger partial charge in [-0.25, -0.2) is 0 Å². The van der Waals surface area contributed by atoms with E-state index >= 15 is 0 Å². The third kappa shape index (κ3) is 5.77. The molecule has 0 saturated carbocycles. The number of carbonyl (C=O) groups is 1. The topological polar surface area (TPSA) is 52.3 Å². The van der Waals surface area contributed by atoms with Crippen molar-refractivity contribution < 1.29 is 9.53 Å². The molecule has 0 aromatic heterocycles. The van der Waals surface area contributed by atoms with Gasteiger partial charge in [-0.1, -0.05) is 13.8 Å². The van der Waals surface area contributed by atoms with E-state index in [0.717, 1.165) is 12.7 Å². The van der Waals surface area contributed by atoms with Crippen LogP contribution in [-0.2, 0) is 9.53 Å². The fourth-order valence-electron chi connectivity index (χ4n) is 0.708. The van der Waals surface area contributed by atoms with Crippen molar-refractivity contribution in [2.75, 3.05) is 13.2 Å². The van der Waals surface area contributed by atoms with Crippen LogP contribution in [0.4, 0.5) is 0 Å². The molecular formula is C10H21NO2. The molecule has 3 nitrogen and oxygen atoms in total. The van der Waals surface area contributed by atoms with Crippen molar-refractivity contribution in [2.24, 2.45) is 11.1 Å². The quantitative estimate of drug-likeness (QED) is 0.639. The monoisotopic (exact) mass is 187 g/mol. The van der Waals surface area contributed by atoms with Crippen LogP contribution in [0.3, 0.4) is 0 Å². The first-order valence-electron chi connectivity index (χ1n) is 4.63. The van der Waals surface area contributed by atoms with Gasteiger partial charge in [0.15, 0.2) is 0 Å². The molecule has 78 valence electrons. The van der Waals surface area contributed by atoms with Gasteiger partial charge in [0.1, 0.15) is 6.29 Å². The Bertz CT molecular complexity index is 164. The van der Waals surface area contributed by atoms with Gasteiger partial charge in [-0.2, -0.15) is 0 Å². The van der Waals surface area contributed by atoms with Crippen LogP contribution in [0, 0.1) is 5.41 Å². The van der Waals surface area contributed by atoms with Gasteiger partial charge in [0.25, 0.3) is 0 Å². The molecule has 0 aliphatic rings. The minimum Gasteiger partial charge on any atom is -0.374 e. The molecule has 13 heavy (non-hydrogen) atoms. The standard InChI is InChI=1S/C10H21NO2/c1-9(2,8-12)5-6-13-10(3,4)7-11/h8H,5-7,11H2,1-4H3. The van der Waals surface area contributed by atoms with Crippen molar-refractivity contribution >= 4 is 6.29 Å². The highest BCUT2D eigenvalue weighted by molar-refractivity contribution is 5.57. The maximum Gasteiger partial charge on any atom is 0.125 e. The minimum atomic E-state index is -0.287. The van der Waals surface area contributed by atoms with E-state index in [9.17, 15) is 4.79 Å². The number of rotatable bonds is 6. The van der Waals surface area contributed by atoms with Crippen molar-refractivity contribution in [1.82, 2.24) is 0 Å². The largest absolute Gasteiger partial charge is 0.374 e. The molecule has 0 amide bonds. The van der Waals surface area contributed by atoms with E-state index < -0.39 is 0 Å². The molecule has 0 aliphatic carbocycles. The zero-order valence-electron chi connectivity index (χ0n) is 9.09. The Morgan fingerprint density at radius 2 is 1.85 bits per heavy atom. The van der Waals surface area contributed by atoms with Gasteiger partial charge in [-0.05, 0) is 20.3 Å². The molecule has 0 bridgehead atoms.